The molecule has 0 bridgehead atoms. The number of aryl methyl sites for hydroxylation is 1. The monoisotopic (exact) mass is 536 g/mol. The van der Waals surface area contributed by atoms with E-state index in [2.05, 4.69) is 5.32 Å². The van der Waals surface area contributed by atoms with Crippen LogP contribution in [0.4, 0.5) is 13.2 Å². The van der Waals surface area contributed by atoms with E-state index < -0.39 is 24.2 Å². The molecule has 0 aliphatic rings. The number of imidazole rings is 1. The van der Waals surface area contributed by atoms with Crippen molar-refractivity contribution in [1.29, 1.82) is 5.26 Å². The highest BCUT2D eigenvalue weighted by Gasteiger charge is 2.38. The summed E-state index contributed by atoms with van der Waals surface area (Å²) in [5.74, 6) is -0.774. The van der Waals surface area contributed by atoms with Crippen LogP contribution in [-0.4, -0.2) is 45.3 Å². The molecule has 202 valence electrons. The van der Waals surface area contributed by atoms with Crippen LogP contribution in [-0.2, 0) is 6.42 Å². The average Bonchev–Trinajstić information content (AvgIpc) is 3.34. The summed E-state index contributed by atoms with van der Waals surface area (Å²) in [5, 5.41) is 21.8. The van der Waals surface area contributed by atoms with Crippen LogP contribution in [0.5, 0.6) is 5.75 Å². The number of halogens is 3. The van der Waals surface area contributed by atoms with Crippen molar-refractivity contribution in [1.82, 2.24) is 14.7 Å². The lowest BCUT2D eigenvalue weighted by Crippen LogP contribution is -2.37. The van der Waals surface area contributed by atoms with Crippen LogP contribution in [0.2, 0.25) is 0 Å². The van der Waals surface area contributed by atoms with E-state index in [0.717, 1.165) is 35.0 Å². The van der Waals surface area contributed by atoms with Crippen LogP contribution in [0.3, 0.4) is 0 Å². The molecule has 2 heterocycles. The normalized spacial score (nSPS) is 13.1. The SMILES string of the molecule is Cc1cccn2cc(-c3ccc(CC(CCO)NC(=O)c4ccc(OC(C)C(F)(F)F)c(C#N)c4)cc3)nc12. The Balaban J connectivity index is 1.45. The molecule has 4 aromatic rings. The second-order valence-corrected chi connectivity index (χ2v) is 9.26. The summed E-state index contributed by atoms with van der Waals surface area (Å²) >= 11 is 0. The van der Waals surface area contributed by atoms with Crippen molar-refractivity contribution in [2.24, 2.45) is 0 Å². The Kier molecular flexibility index (Phi) is 8.21. The Labute approximate surface area is 223 Å². The molecule has 0 saturated carbocycles. The molecule has 0 saturated heterocycles. The van der Waals surface area contributed by atoms with Gasteiger partial charge in [-0.25, -0.2) is 4.98 Å². The van der Waals surface area contributed by atoms with E-state index in [9.17, 15) is 28.3 Å². The molecule has 10 heteroatoms. The fraction of sp³-hybridized carbons (Fsp3) is 0.276. The van der Waals surface area contributed by atoms with Gasteiger partial charge in [-0.15, -0.1) is 0 Å². The highest BCUT2D eigenvalue weighted by atomic mass is 19.4. The van der Waals surface area contributed by atoms with Gasteiger partial charge < -0.3 is 19.6 Å². The number of hydrogen-bond donors (Lipinski definition) is 2. The standard InChI is InChI=1S/C29H27F3N4O3/c1-18-4-3-12-36-17-25(35-27(18)36)21-7-5-20(6-8-21)14-24(11-13-37)34-28(38)22-9-10-26(23(15-22)16-33)39-19(2)29(30,31)32/h3-10,12,15,17,19,24,37H,11,13-14H2,1-2H3,(H,34,38). The first-order valence-electron chi connectivity index (χ1n) is 12.3. The molecule has 0 aliphatic heterocycles. The number of carbonyl (C=O) groups is 1. The van der Waals surface area contributed by atoms with Gasteiger partial charge in [-0.2, -0.15) is 18.4 Å². The van der Waals surface area contributed by atoms with Crippen molar-refractivity contribution < 1.29 is 27.8 Å². The maximum Gasteiger partial charge on any atom is 0.425 e. The van der Waals surface area contributed by atoms with Gasteiger partial charge in [0.25, 0.3) is 5.91 Å². The molecular weight excluding hydrogens is 509 g/mol. The van der Waals surface area contributed by atoms with Crippen LogP contribution >= 0.6 is 0 Å². The van der Waals surface area contributed by atoms with E-state index >= 15 is 0 Å². The van der Waals surface area contributed by atoms with E-state index in [1.54, 1.807) is 6.07 Å². The number of alkyl halides is 3. The molecule has 4 rings (SSSR count). The van der Waals surface area contributed by atoms with Crippen molar-refractivity contribution in [3.63, 3.8) is 0 Å². The number of ether oxygens (including phenoxy) is 1. The van der Waals surface area contributed by atoms with E-state index in [0.29, 0.717) is 6.42 Å². The molecule has 2 unspecified atom stereocenters. The summed E-state index contributed by atoms with van der Waals surface area (Å²) in [5.41, 5.74) is 4.57. The quantitative estimate of drug-likeness (QED) is 0.305. The van der Waals surface area contributed by atoms with Crippen LogP contribution in [0.1, 0.15) is 40.4 Å². The summed E-state index contributed by atoms with van der Waals surface area (Å²) in [6.45, 7) is 2.68. The topological polar surface area (TPSA) is 99.6 Å². The van der Waals surface area contributed by atoms with Crippen molar-refractivity contribution in [3.8, 4) is 23.1 Å². The van der Waals surface area contributed by atoms with Crippen molar-refractivity contribution in [2.45, 2.75) is 45.0 Å². The minimum Gasteiger partial charge on any atom is -0.480 e. The number of nitrogens with one attached hydrogen (secondary N) is 1. The molecule has 0 fully saturated rings. The molecule has 0 radical (unpaired) electrons. The first kappa shape index (κ1) is 27.7. The number of aliphatic hydroxyl groups is 1. The number of benzene rings is 2. The summed E-state index contributed by atoms with van der Waals surface area (Å²) in [4.78, 5) is 17.6. The Bertz CT molecular complexity index is 1510. The minimum absolute atomic E-state index is 0.0963. The lowest BCUT2D eigenvalue weighted by molar-refractivity contribution is -0.189. The van der Waals surface area contributed by atoms with E-state index in [4.69, 9.17) is 9.72 Å². The van der Waals surface area contributed by atoms with Crippen molar-refractivity contribution >= 4 is 11.6 Å². The Morgan fingerprint density at radius 1 is 1.21 bits per heavy atom. The fourth-order valence-corrected chi connectivity index (χ4v) is 4.16. The number of fused-ring (bicyclic) bond motifs is 1. The molecule has 2 atom stereocenters. The molecule has 0 aliphatic carbocycles. The lowest BCUT2D eigenvalue weighted by atomic mass is 10.0. The van der Waals surface area contributed by atoms with Gasteiger partial charge in [0.1, 0.15) is 17.5 Å². The number of pyridine rings is 1. The van der Waals surface area contributed by atoms with Gasteiger partial charge in [0.15, 0.2) is 6.10 Å². The zero-order chi connectivity index (χ0) is 28.2. The van der Waals surface area contributed by atoms with E-state index in [1.165, 1.54) is 18.2 Å². The van der Waals surface area contributed by atoms with Gasteiger partial charge in [0, 0.05) is 36.2 Å². The third-order valence-electron chi connectivity index (χ3n) is 6.35. The number of carbonyl (C=O) groups excluding carboxylic acids is 1. The first-order valence-corrected chi connectivity index (χ1v) is 12.3. The molecule has 2 aromatic heterocycles. The zero-order valence-electron chi connectivity index (χ0n) is 21.4. The van der Waals surface area contributed by atoms with Gasteiger partial charge in [-0.05, 0) is 62.1 Å². The summed E-state index contributed by atoms with van der Waals surface area (Å²) in [6, 6.07) is 16.8. The van der Waals surface area contributed by atoms with Crippen LogP contribution in [0, 0.1) is 18.3 Å². The number of hydrogen-bond acceptors (Lipinski definition) is 5. The summed E-state index contributed by atoms with van der Waals surface area (Å²) in [6.07, 6.45) is -2.08. The Morgan fingerprint density at radius 2 is 1.95 bits per heavy atom. The lowest BCUT2D eigenvalue weighted by Gasteiger charge is -2.20. The Morgan fingerprint density at radius 3 is 2.59 bits per heavy atom. The number of amides is 1. The third kappa shape index (κ3) is 6.56. The molecule has 1 amide bonds. The van der Waals surface area contributed by atoms with Gasteiger partial charge in [0.05, 0.1) is 11.3 Å². The van der Waals surface area contributed by atoms with E-state index in [-0.39, 0.29) is 29.9 Å². The Hall–Kier alpha value is -4.36. The average molecular weight is 537 g/mol. The summed E-state index contributed by atoms with van der Waals surface area (Å²) in [7, 11) is 0. The predicted octanol–water partition coefficient (Wildman–Crippen LogP) is 5.23. The van der Waals surface area contributed by atoms with Crippen molar-refractivity contribution in [2.75, 3.05) is 6.61 Å². The molecule has 0 spiro atoms. The highest BCUT2D eigenvalue weighted by Crippen LogP contribution is 2.28. The molecule has 39 heavy (non-hydrogen) atoms. The van der Waals surface area contributed by atoms with Gasteiger partial charge in [-0.3, -0.25) is 4.79 Å². The second kappa shape index (κ2) is 11.6. The maximum absolute atomic E-state index is 12.9. The van der Waals surface area contributed by atoms with Crippen LogP contribution in [0.25, 0.3) is 16.9 Å². The number of rotatable bonds is 9. The van der Waals surface area contributed by atoms with Gasteiger partial charge in [-0.1, -0.05) is 30.3 Å². The molecular formula is C29H27F3N4O3. The maximum atomic E-state index is 12.9. The van der Waals surface area contributed by atoms with Gasteiger partial charge in [0.2, 0.25) is 0 Å². The van der Waals surface area contributed by atoms with Crippen LogP contribution < -0.4 is 10.1 Å². The highest BCUT2D eigenvalue weighted by molar-refractivity contribution is 5.95. The number of aliphatic hydroxyl groups excluding tert-OH is 1. The smallest absolute Gasteiger partial charge is 0.425 e. The molecule has 2 aromatic carbocycles. The number of nitriles is 1. The summed E-state index contributed by atoms with van der Waals surface area (Å²) < 4.78 is 45.4. The number of aromatic nitrogens is 2. The fourth-order valence-electron chi connectivity index (χ4n) is 4.16. The third-order valence-corrected chi connectivity index (χ3v) is 6.35. The molecule has 2 N–H and O–H groups in total. The molecule has 7 nitrogen and oxygen atoms in total. The zero-order valence-corrected chi connectivity index (χ0v) is 21.4. The minimum atomic E-state index is -4.59. The first-order chi connectivity index (χ1) is 18.6. The van der Waals surface area contributed by atoms with Crippen molar-refractivity contribution in [3.05, 3.63) is 89.2 Å². The van der Waals surface area contributed by atoms with E-state index in [1.807, 2.05) is 60.1 Å². The number of nitrogens with zero attached hydrogens (tertiary/aromatic N) is 3. The second-order valence-electron chi connectivity index (χ2n) is 9.26. The van der Waals surface area contributed by atoms with Gasteiger partial charge >= 0.3 is 6.18 Å². The van der Waals surface area contributed by atoms with Crippen LogP contribution in [0.15, 0.2) is 67.0 Å². The largest absolute Gasteiger partial charge is 0.480 e. The predicted molar refractivity (Wildman–Crippen MR) is 139 cm³/mol.